The summed E-state index contributed by atoms with van der Waals surface area (Å²) >= 11 is 0. The molecule has 0 aliphatic heterocycles. The fourth-order valence-electron chi connectivity index (χ4n) is 3.96. The van der Waals surface area contributed by atoms with E-state index < -0.39 is 5.97 Å². The summed E-state index contributed by atoms with van der Waals surface area (Å²) in [6.45, 7) is 0. The van der Waals surface area contributed by atoms with Crippen molar-refractivity contribution in [2.45, 2.75) is 6.42 Å². The summed E-state index contributed by atoms with van der Waals surface area (Å²) in [5.74, 6) is 0.729. The van der Waals surface area contributed by atoms with Gasteiger partial charge in [0, 0.05) is 23.1 Å². The SMILES string of the molecule is COC(=O)c1cc(OC)c2c(c1)C(=C(c1ccccc1)c1ccc(OC)cc1)C(=O)C2. The number of hydrogen-bond donors (Lipinski definition) is 0. The molecule has 0 N–H and O–H groups in total. The minimum Gasteiger partial charge on any atom is -0.497 e. The first-order valence-electron chi connectivity index (χ1n) is 9.84. The Morgan fingerprint density at radius 3 is 2.10 bits per heavy atom. The normalized spacial score (nSPS) is 14.1. The van der Waals surface area contributed by atoms with Crippen LogP contribution in [0, 0.1) is 0 Å². The molecule has 0 fully saturated rings. The molecule has 156 valence electrons. The van der Waals surface area contributed by atoms with E-state index in [0.717, 1.165) is 28.0 Å². The molecule has 0 amide bonds. The zero-order valence-corrected chi connectivity index (χ0v) is 17.6. The molecule has 1 aliphatic rings. The van der Waals surface area contributed by atoms with Crippen LogP contribution in [0.4, 0.5) is 0 Å². The quantitative estimate of drug-likeness (QED) is 0.452. The summed E-state index contributed by atoms with van der Waals surface area (Å²) in [6.07, 6.45) is 0.210. The van der Waals surface area contributed by atoms with Crippen molar-refractivity contribution < 1.29 is 23.8 Å². The summed E-state index contributed by atoms with van der Waals surface area (Å²) in [6, 6.07) is 20.7. The van der Waals surface area contributed by atoms with E-state index in [9.17, 15) is 9.59 Å². The molecular weight excluding hydrogens is 392 g/mol. The van der Waals surface area contributed by atoms with Crippen molar-refractivity contribution in [3.63, 3.8) is 0 Å². The van der Waals surface area contributed by atoms with Crippen molar-refractivity contribution in [1.29, 1.82) is 0 Å². The molecule has 0 spiro atoms. The van der Waals surface area contributed by atoms with E-state index in [2.05, 4.69) is 0 Å². The predicted octanol–water partition coefficient (Wildman–Crippen LogP) is 4.57. The van der Waals surface area contributed by atoms with Crippen molar-refractivity contribution in [2.75, 3.05) is 21.3 Å². The van der Waals surface area contributed by atoms with Gasteiger partial charge in [-0.2, -0.15) is 0 Å². The van der Waals surface area contributed by atoms with Crippen LogP contribution in [-0.4, -0.2) is 33.1 Å². The van der Waals surface area contributed by atoms with Crippen molar-refractivity contribution in [2.24, 2.45) is 0 Å². The Bertz CT molecular complexity index is 1170. The van der Waals surface area contributed by atoms with Gasteiger partial charge in [-0.15, -0.1) is 0 Å². The number of Topliss-reactive ketones (excluding diaryl/α,β-unsaturated/α-hetero) is 1. The lowest BCUT2D eigenvalue weighted by atomic mass is 9.89. The Labute approximate surface area is 180 Å². The van der Waals surface area contributed by atoms with E-state index in [1.165, 1.54) is 14.2 Å². The topological polar surface area (TPSA) is 61.8 Å². The van der Waals surface area contributed by atoms with Crippen molar-refractivity contribution >= 4 is 22.9 Å². The van der Waals surface area contributed by atoms with Crippen LogP contribution in [0.15, 0.2) is 66.7 Å². The Morgan fingerprint density at radius 1 is 0.806 bits per heavy atom. The Balaban J connectivity index is 2.04. The van der Waals surface area contributed by atoms with Gasteiger partial charge < -0.3 is 14.2 Å². The van der Waals surface area contributed by atoms with Crippen LogP contribution in [-0.2, 0) is 16.0 Å². The molecule has 0 saturated heterocycles. The number of ketones is 1. The number of carbonyl (C=O) groups excluding carboxylic acids is 2. The minimum atomic E-state index is -0.481. The molecule has 1 aliphatic carbocycles. The maximum Gasteiger partial charge on any atom is 0.338 e. The van der Waals surface area contributed by atoms with Gasteiger partial charge in [0.15, 0.2) is 5.78 Å². The summed E-state index contributed by atoms with van der Waals surface area (Å²) < 4.78 is 15.7. The third-order valence-electron chi connectivity index (χ3n) is 5.43. The highest BCUT2D eigenvalue weighted by Gasteiger charge is 2.32. The van der Waals surface area contributed by atoms with Gasteiger partial charge in [0.25, 0.3) is 0 Å². The smallest absolute Gasteiger partial charge is 0.338 e. The molecule has 3 aromatic rings. The highest BCUT2D eigenvalue weighted by atomic mass is 16.5. The first kappa shape index (κ1) is 20.4. The first-order valence-corrected chi connectivity index (χ1v) is 9.84. The van der Waals surface area contributed by atoms with Crippen LogP contribution in [0.25, 0.3) is 11.1 Å². The largest absolute Gasteiger partial charge is 0.497 e. The lowest BCUT2D eigenvalue weighted by molar-refractivity contribution is -0.112. The molecular formula is C26H22O5. The minimum absolute atomic E-state index is 0.0232. The van der Waals surface area contributed by atoms with Gasteiger partial charge in [-0.05, 0) is 41.0 Å². The molecule has 0 radical (unpaired) electrons. The average molecular weight is 414 g/mol. The van der Waals surface area contributed by atoms with Crippen LogP contribution >= 0.6 is 0 Å². The Morgan fingerprint density at radius 2 is 1.48 bits per heavy atom. The highest BCUT2D eigenvalue weighted by Crippen LogP contribution is 2.43. The summed E-state index contributed by atoms with van der Waals surface area (Å²) in [7, 11) is 4.48. The third kappa shape index (κ3) is 3.70. The van der Waals surface area contributed by atoms with E-state index in [1.54, 1.807) is 19.2 Å². The molecule has 31 heavy (non-hydrogen) atoms. The molecule has 0 unspecified atom stereocenters. The zero-order valence-electron chi connectivity index (χ0n) is 17.6. The second kappa shape index (κ2) is 8.48. The number of benzene rings is 3. The van der Waals surface area contributed by atoms with Crippen molar-refractivity contribution in [3.05, 3.63) is 94.5 Å². The van der Waals surface area contributed by atoms with Gasteiger partial charge in [0.2, 0.25) is 0 Å². The lowest BCUT2D eigenvalue weighted by Gasteiger charge is -2.15. The van der Waals surface area contributed by atoms with Gasteiger partial charge in [-0.25, -0.2) is 4.79 Å². The average Bonchev–Trinajstić information content (AvgIpc) is 3.15. The summed E-state index contributed by atoms with van der Waals surface area (Å²) in [4.78, 5) is 25.6. The maximum absolute atomic E-state index is 13.3. The standard InChI is InChI=1S/C26H22O5/c1-29-19-11-9-17(10-12-19)24(16-7-5-4-6-8-16)25-21-13-18(26(28)31-3)14-23(30-2)20(21)15-22(25)27/h4-14H,15H2,1-3H3. The third-order valence-corrected chi connectivity index (χ3v) is 5.43. The lowest BCUT2D eigenvalue weighted by Crippen LogP contribution is -2.04. The van der Waals surface area contributed by atoms with E-state index in [1.807, 2.05) is 54.6 Å². The highest BCUT2D eigenvalue weighted by molar-refractivity contribution is 6.33. The van der Waals surface area contributed by atoms with E-state index in [-0.39, 0.29) is 12.2 Å². The molecule has 0 aromatic heterocycles. The van der Waals surface area contributed by atoms with Gasteiger partial charge in [0.1, 0.15) is 11.5 Å². The molecule has 0 saturated carbocycles. The fraction of sp³-hybridized carbons (Fsp3) is 0.154. The number of esters is 1. The number of rotatable bonds is 5. The molecule has 0 atom stereocenters. The second-order valence-electron chi connectivity index (χ2n) is 7.14. The monoisotopic (exact) mass is 414 g/mol. The number of ether oxygens (including phenoxy) is 3. The molecule has 0 heterocycles. The van der Waals surface area contributed by atoms with Crippen molar-refractivity contribution in [1.82, 2.24) is 0 Å². The summed E-state index contributed by atoms with van der Waals surface area (Å²) in [5, 5.41) is 0. The Kier molecular flexibility index (Phi) is 5.58. The van der Waals surface area contributed by atoms with Crippen LogP contribution < -0.4 is 9.47 Å². The molecule has 4 rings (SSSR count). The van der Waals surface area contributed by atoms with E-state index >= 15 is 0 Å². The molecule has 3 aromatic carbocycles. The second-order valence-corrected chi connectivity index (χ2v) is 7.14. The van der Waals surface area contributed by atoms with Gasteiger partial charge in [-0.3, -0.25) is 4.79 Å². The molecule has 0 bridgehead atoms. The van der Waals surface area contributed by atoms with E-state index in [0.29, 0.717) is 22.4 Å². The van der Waals surface area contributed by atoms with E-state index in [4.69, 9.17) is 14.2 Å². The summed E-state index contributed by atoms with van der Waals surface area (Å²) in [5.41, 5.74) is 4.97. The number of fused-ring (bicyclic) bond motifs is 1. The van der Waals surface area contributed by atoms with Crippen LogP contribution in [0.2, 0.25) is 0 Å². The van der Waals surface area contributed by atoms with Crippen molar-refractivity contribution in [3.8, 4) is 11.5 Å². The predicted molar refractivity (Wildman–Crippen MR) is 118 cm³/mol. The number of carbonyl (C=O) groups is 2. The maximum atomic E-state index is 13.3. The Hall–Kier alpha value is -3.86. The fourth-order valence-corrected chi connectivity index (χ4v) is 3.96. The van der Waals surface area contributed by atoms with Gasteiger partial charge in [-0.1, -0.05) is 42.5 Å². The van der Waals surface area contributed by atoms with Gasteiger partial charge in [0.05, 0.1) is 26.9 Å². The molecule has 5 nitrogen and oxygen atoms in total. The number of methoxy groups -OCH3 is 3. The number of allylic oxidation sites excluding steroid dienone is 1. The molecule has 5 heteroatoms. The number of hydrogen-bond acceptors (Lipinski definition) is 5. The van der Waals surface area contributed by atoms with Gasteiger partial charge >= 0.3 is 5.97 Å². The van der Waals surface area contributed by atoms with Crippen LogP contribution in [0.5, 0.6) is 11.5 Å². The van der Waals surface area contributed by atoms with Crippen LogP contribution in [0.3, 0.4) is 0 Å². The van der Waals surface area contributed by atoms with Crippen LogP contribution in [0.1, 0.15) is 32.6 Å². The zero-order chi connectivity index (χ0) is 22.0. The first-order chi connectivity index (χ1) is 15.1.